The highest BCUT2D eigenvalue weighted by atomic mass is 32.1. The highest BCUT2D eigenvalue weighted by molar-refractivity contribution is 7.81. The molecule has 0 aliphatic heterocycles. The Labute approximate surface area is 115 Å². The van der Waals surface area contributed by atoms with E-state index >= 15 is 0 Å². The van der Waals surface area contributed by atoms with Gasteiger partial charge in [-0.1, -0.05) is 0 Å². The van der Waals surface area contributed by atoms with Gasteiger partial charge in [-0.15, -0.1) is 11.3 Å². The second-order valence-corrected chi connectivity index (χ2v) is 6.78. The van der Waals surface area contributed by atoms with Crippen LogP contribution in [0.4, 0.5) is 10.5 Å². The second kappa shape index (κ2) is 4.78. The molecule has 1 aromatic carbocycles. The van der Waals surface area contributed by atoms with Crippen LogP contribution in [0.1, 0.15) is 13.8 Å². The van der Waals surface area contributed by atoms with Gasteiger partial charge >= 0.3 is 6.09 Å². The third-order valence-electron chi connectivity index (χ3n) is 2.40. The number of amides is 1. The summed E-state index contributed by atoms with van der Waals surface area (Å²) in [5, 5.41) is 9.29. The number of thiol groups is 1. The van der Waals surface area contributed by atoms with E-state index < -0.39 is 6.09 Å². The molecule has 0 radical (unpaired) electrons. The summed E-state index contributed by atoms with van der Waals surface area (Å²) in [4.78, 5) is 16.8. The fourth-order valence-electron chi connectivity index (χ4n) is 1.67. The molecule has 0 aliphatic rings. The molecule has 1 amide bonds. The summed E-state index contributed by atoms with van der Waals surface area (Å²) in [6, 6.07) is 5.46. The van der Waals surface area contributed by atoms with Crippen LogP contribution in [0.25, 0.3) is 10.2 Å². The van der Waals surface area contributed by atoms with Crippen LogP contribution >= 0.6 is 24.0 Å². The summed E-state index contributed by atoms with van der Waals surface area (Å²) in [5.74, 6) is 0. The summed E-state index contributed by atoms with van der Waals surface area (Å²) in [6.07, 6.45) is -0.971. The van der Waals surface area contributed by atoms with Gasteiger partial charge in [0, 0.05) is 17.0 Å². The maximum atomic E-state index is 11.3. The molecule has 0 fully saturated rings. The number of thiazole rings is 1. The fourth-order valence-corrected chi connectivity index (χ4v) is 2.52. The molecule has 0 unspecified atom stereocenters. The molecule has 0 atom stereocenters. The zero-order valence-electron chi connectivity index (χ0n) is 10.1. The fraction of sp³-hybridized carbons (Fsp3) is 0.333. The molecule has 4 nitrogen and oxygen atoms in total. The molecule has 0 bridgehead atoms. The Balaban J connectivity index is 2.38. The van der Waals surface area contributed by atoms with Crippen LogP contribution in [0, 0.1) is 0 Å². The maximum absolute atomic E-state index is 11.3. The average Bonchev–Trinajstić information content (AvgIpc) is 2.71. The average molecular weight is 282 g/mol. The predicted molar refractivity (Wildman–Crippen MR) is 78.1 cm³/mol. The van der Waals surface area contributed by atoms with Gasteiger partial charge in [-0.3, -0.25) is 4.90 Å². The molecule has 2 rings (SSSR count). The lowest BCUT2D eigenvalue weighted by Gasteiger charge is -2.27. The molecule has 1 aromatic heterocycles. The van der Waals surface area contributed by atoms with Crippen LogP contribution in [0.5, 0.6) is 0 Å². The zero-order valence-corrected chi connectivity index (χ0v) is 11.8. The summed E-state index contributed by atoms with van der Waals surface area (Å²) in [5.41, 5.74) is 3.29. The molecule has 96 valence electrons. The van der Waals surface area contributed by atoms with Crippen molar-refractivity contribution in [3.63, 3.8) is 0 Å². The topological polar surface area (TPSA) is 53.4 Å². The second-order valence-electron chi connectivity index (χ2n) is 4.69. The van der Waals surface area contributed by atoms with Gasteiger partial charge in [-0.05, 0) is 32.0 Å². The monoisotopic (exact) mass is 282 g/mol. The van der Waals surface area contributed by atoms with Crippen molar-refractivity contribution >= 4 is 46.0 Å². The number of carboxylic acid groups (broad SMARTS) is 1. The molecule has 0 saturated carbocycles. The van der Waals surface area contributed by atoms with Gasteiger partial charge in [0.15, 0.2) is 0 Å². The normalized spacial score (nSPS) is 11.7. The molecule has 0 spiro atoms. The third-order valence-corrected chi connectivity index (χ3v) is 3.34. The van der Waals surface area contributed by atoms with Crippen LogP contribution in [0.2, 0.25) is 0 Å². The van der Waals surface area contributed by atoms with E-state index in [-0.39, 0.29) is 4.75 Å². The van der Waals surface area contributed by atoms with E-state index in [0.29, 0.717) is 12.2 Å². The van der Waals surface area contributed by atoms with Crippen molar-refractivity contribution in [2.75, 3.05) is 11.4 Å². The van der Waals surface area contributed by atoms with Crippen molar-refractivity contribution in [1.82, 2.24) is 4.98 Å². The number of hydrogen-bond donors (Lipinski definition) is 2. The Morgan fingerprint density at radius 1 is 1.56 bits per heavy atom. The van der Waals surface area contributed by atoms with E-state index in [1.165, 1.54) is 16.2 Å². The number of hydrogen-bond acceptors (Lipinski definition) is 4. The number of benzene rings is 1. The van der Waals surface area contributed by atoms with E-state index in [9.17, 15) is 9.90 Å². The van der Waals surface area contributed by atoms with E-state index in [2.05, 4.69) is 17.6 Å². The lowest BCUT2D eigenvalue weighted by atomic mass is 10.2. The Bertz CT molecular complexity index is 575. The minimum Gasteiger partial charge on any atom is -0.465 e. The zero-order chi connectivity index (χ0) is 13.3. The molecule has 2 aromatic rings. The molecule has 0 saturated heterocycles. The van der Waals surface area contributed by atoms with E-state index in [1.54, 1.807) is 11.6 Å². The molecule has 6 heteroatoms. The van der Waals surface area contributed by atoms with E-state index in [1.807, 2.05) is 26.0 Å². The Morgan fingerprint density at radius 2 is 2.28 bits per heavy atom. The Kier molecular flexibility index (Phi) is 3.49. The minimum absolute atomic E-state index is 0.329. The van der Waals surface area contributed by atoms with Crippen LogP contribution in [-0.2, 0) is 0 Å². The molecular formula is C12H14N2O2S2. The van der Waals surface area contributed by atoms with Crippen LogP contribution in [0.3, 0.4) is 0 Å². The van der Waals surface area contributed by atoms with Crippen LogP contribution in [-0.4, -0.2) is 27.5 Å². The Hall–Kier alpha value is -1.27. The van der Waals surface area contributed by atoms with Crippen LogP contribution < -0.4 is 4.90 Å². The van der Waals surface area contributed by atoms with Gasteiger partial charge in [0.25, 0.3) is 0 Å². The Morgan fingerprint density at radius 3 is 2.89 bits per heavy atom. The standard InChI is InChI=1S/C12H14N2O2S2/c1-12(2,17)6-14(11(15)16)8-3-4-9-10(5-8)18-7-13-9/h3-5,7,17H,6H2,1-2H3,(H,15,16). The first-order valence-electron chi connectivity index (χ1n) is 5.43. The highest BCUT2D eigenvalue weighted by Gasteiger charge is 2.23. The quantitative estimate of drug-likeness (QED) is 0.847. The van der Waals surface area contributed by atoms with Gasteiger partial charge in [-0.25, -0.2) is 9.78 Å². The number of carbonyl (C=O) groups is 1. The summed E-state index contributed by atoms with van der Waals surface area (Å²) in [7, 11) is 0. The summed E-state index contributed by atoms with van der Waals surface area (Å²) >= 11 is 5.88. The first-order valence-corrected chi connectivity index (χ1v) is 6.75. The van der Waals surface area contributed by atoms with Crippen molar-refractivity contribution in [2.45, 2.75) is 18.6 Å². The van der Waals surface area contributed by atoms with Crippen LogP contribution in [0.15, 0.2) is 23.7 Å². The smallest absolute Gasteiger partial charge is 0.411 e. The summed E-state index contributed by atoms with van der Waals surface area (Å²) < 4.78 is 0.594. The maximum Gasteiger partial charge on any atom is 0.411 e. The lowest BCUT2D eigenvalue weighted by Crippen LogP contribution is -2.38. The number of rotatable bonds is 3. The predicted octanol–water partition coefficient (Wildman–Crippen LogP) is 3.49. The minimum atomic E-state index is -0.971. The first-order chi connectivity index (χ1) is 8.37. The molecule has 18 heavy (non-hydrogen) atoms. The molecule has 1 N–H and O–H groups in total. The number of nitrogens with zero attached hydrogens (tertiary/aromatic N) is 2. The van der Waals surface area contributed by atoms with Crippen molar-refractivity contribution in [3.8, 4) is 0 Å². The molecule has 0 aliphatic carbocycles. The lowest BCUT2D eigenvalue weighted by molar-refractivity contribution is 0.201. The van der Waals surface area contributed by atoms with E-state index in [4.69, 9.17) is 0 Å². The SMILES string of the molecule is CC(C)(S)CN(C(=O)O)c1ccc2ncsc2c1. The van der Waals surface area contributed by atoms with Crippen molar-refractivity contribution in [3.05, 3.63) is 23.7 Å². The van der Waals surface area contributed by atoms with Gasteiger partial charge < -0.3 is 5.11 Å². The molecule has 1 heterocycles. The largest absolute Gasteiger partial charge is 0.465 e. The van der Waals surface area contributed by atoms with Crippen molar-refractivity contribution in [2.24, 2.45) is 0 Å². The van der Waals surface area contributed by atoms with Gasteiger partial charge in [-0.2, -0.15) is 12.6 Å². The van der Waals surface area contributed by atoms with Gasteiger partial charge in [0.1, 0.15) is 0 Å². The first kappa shape index (κ1) is 13.2. The van der Waals surface area contributed by atoms with Crippen molar-refractivity contribution in [1.29, 1.82) is 0 Å². The number of anilines is 1. The van der Waals surface area contributed by atoms with Gasteiger partial charge in [0.2, 0.25) is 0 Å². The third kappa shape index (κ3) is 2.94. The summed E-state index contributed by atoms with van der Waals surface area (Å²) in [6.45, 7) is 4.10. The highest BCUT2D eigenvalue weighted by Crippen LogP contribution is 2.26. The molecular weight excluding hydrogens is 268 g/mol. The van der Waals surface area contributed by atoms with E-state index in [0.717, 1.165) is 10.2 Å². The van der Waals surface area contributed by atoms with Gasteiger partial charge in [0.05, 0.1) is 15.7 Å². The number of fused-ring (bicyclic) bond motifs is 1. The van der Waals surface area contributed by atoms with Crippen molar-refractivity contribution < 1.29 is 9.90 Å². The number of aromatic nitrogens is 1.